The van der Waals surface area contributed by atoms with Crippen molar-refractivity contribution in [1.82, 2.24) is 4.98 Å². The van der Waals surface area contributed by atoms with Gasteiger partial charge < -0.3 is 5.11 Å². The molecule has 1 atom stereocenters. The molecule has 7 heteroatoms. The van der Waals surface area contributed by atoms with E-state index in [2.05, 4.69) is 4.98 Å². The number of hydrogen-bond acceptors (Lipinski definition) is 5. The molecule has 0 saturated carbocycles. The van der Waals surface area contributed by atoms with E-state index in [9.17, 15) is 18.3 Å². The highest BCUT2D eigenvalue weighted by Gasteiger charge is 2.19. The zero-order valence-electron chi connectivity index (χ0n) is 14.2. The van der Waals surface area contributed by atoms with Crippen LogP contribution in [0.2, 0.25) is 0 Å². The number of nitrogens with one attached hydrogen (secondary N) is 1. The summed E-state index contributed by atoms with van der Waals surface area (Å²) in [7, 11) is -3.37. The minimum atomic E-state index is -3.37. The van der Waals surface area contributed by atoms with Crippen LogP contribution in [-0.2, 0) is 16.3 Å². The second kappa shape index (κ2) is 7.47. The lowest BCUT2D eigenvalue weighted by Crippen LogP contribution is -2.09. The molecule has 0 amide bonds. The Labute approximate surface area is 155 Å². The van der Waals surface area contributed by atoms with Gasteiger partial charge in [-0.25, -0.2) is 8.42 Å². The maximum atomic E-state index is 12.5. The van der Waals surface area contributed by atoms with Gasteiger partial charge in [0.05, 0.1) is 15.5 Å². The third-order valence-electron chi connectivity index (χ3n) is 4.29. The van der Waals surface area contributed by atoms with Gasteiger partial charge in [0.1, 0.15) is 0 Å². The van der Waals surface area contributed by atoms with Crippen LogP contribution in [0.15, 0.2) is 64.3 Å². The third kappa shape index (κ3) is 4.05. The number of aromatic nitrogens is 1. The summed E-state index contributed by atoms with van der Waals surface area (Å²) in [5.41, 5.74) is 1.82. The molecule has 0 bridgehead atoms. The van der Waals surface area contributed by atoms with Crippen LogP contribution in [0.25, 0.3) is 0 Å². The van der Waals surface area contributed by atoms with Crippen LogP contribution >= 0.6 is 11.3 Å². The molecule has 0 radical (unpaired) electrons. The van der Waals surface area contributed by atoms with Gasteiger partial charge in [-0.3, -0.25) is 9.78 Å². The van der Waals surface area contributed by atoms with E-state index in [0.29, 0.717) is 11.3 Å². The van der Waals surface area contributed by atoms with Crippen LogP contribution in [0, 0.1) is 0 Å². The first-order valence-electron chi connectivity index (χ1n) is 8.15. The second-order valence-electron chi connectivity index (χ2n) is 6.07. The Morgan fingerprint density at radius 3 is 2.31 bits per heavy atom. The number of H-pyrrole nitrogens is 1. The quantitative estimate of drug-likeness (QED) is 0.677. The van der Waals surface area contributed by atoms with Crippen LogP contribution in [0.1, 0.15) is 28.8 Å². The fraction of sp³-hybridized carbons (Fsp3) is 0.211. The molecule has 0 aliphatic carbocycles. The first kappa shape index (κ1) is 18.4. The van der Waals surface area contributed by atoms with Crippen LogP contribution in [0.4, 0.5) is 0 Å². The molecule has 5 nitrogen and oxygen atoms in total. The van der Waals surface area contributed by atoms with Crippen molar-refractivity contribution >= 4 is 21.2 Å². The van der Waals surface area contributed by atoms with Crippen molar-refractivity contribution in [3.05, 3.63) is 80.3 Å². The van der Waals surface area contributed by atoms with Crippen LogP contribution < -0.4 is 4.87 Å². The number of sulfone groups is 1. The summed E-state index contributed by atoms with van der Waals surface area (Å²) in [6.07, 6.45) is 0.465. The van der Waals surface area contributed by atoms with Crippen LogP contribution in [0.3, 0.4) is 0 Å². The molecule has 136 valence electrons. The molecule has 0 aliphatic heterocycles. The van der Waals surface area contributed by atoms with Crippen molar-refractivity contribution in [2.45, 2.75) is 24.2 Å². The molecular formula is C19H19NO4S2. The Bertz CT molecular complexity index is 1040. The van der Waals surface area contributed by atoms with Gasteiger partial charge in [-0.2, -0.15) is 0 Å². The van der Waals surface area contributed by atoms with Gasteiger partial charge in [0.2, 0.25) is 5.88 Å². The second-order valence-corrected chi connectivity index (χ2v) is 9.20. The van der Waals surface area contributed by atoms with Crippen molar-refractivity contribution in [1.29, 1.82) is 0 Å². The Kier molecular flexibility index (Phi) is 5.29. The molecule has 2 aromatic carbocycles. The van der Waals surface area contributed by atoms with E-state index in [1.165, 1.54) is 0 Å². The van der Waals surface area contributed by atoms with Gasteiger partial charge >= 0.3 is 4.87 Å². The highest BCUT2D eigenvalue weighted by atomic mass is 32.2. The first-order chi connectivity index (χ1) is 12.4. The monoisotopic (exact) mass is 389 g/mol. The van der Waals surface area contributed by atoms with E-state index in [4.69, 9.17) is 0 Å². The molecule has 1 unspecified atom stereocenters. The molecule has 3 aromatic rings. The fourth-order valence-corrected chi connectivity index (χ4v) is 4.85. The van der Waals surface area contributed by atoms with Crippen LogP contribution in [0.5, 0.6) is 5.88 Å². The Hall–Kier alpha value is -2.38. The van der Waals surface area contributed by atoms with Gasteiger partial charge in [-0.05, 0) is 29.7 Å². The standard InChI is InChI=1S/C19H19NO4S2/c1-13(17-18(21)20-19(22)25-17)15-7-9-16(10-8-15)26(23,24)12-11-14-5-3-2-4-6-14/h2-10,13,21H,11-12H2,1H3,(H,20,22). The number of thiazole rings is 1. The van der Waals surface area contributed by atoms with E-state index < -0.39 is 9.84 Å². The molecule has 0 saturated heterocycles. The summed E-state index contributed by atoms with van der Waals surface area (Å²) in [6.45, 7) is 1.86. The average Bonchev–Trinajstić information content (AvgIpc) is 2.98. The normalized spacial score (nSPS) is 12.8. The summed E-state index contributed by atoms with van der Waals surface area (Å²) >= 11 is 0.953. The van der Waals surface area contributed by atoms with Gasteiger partial charge in [0.15, 0.2) is 9.84 Å². The van der Waals surface area contributed by atoms with Crippen molar-refractivity contribution in [2.24, 2.45) is 0 Å². The highest BCUT2D eigenvalue weighted by Crippen LogP contribution is 2.32. The molecule has 26 heavy (non-hydrogen) atoms. The summed E-state index contributed by atoms with van der Waals surface area (Å²) in [6, 6.07) is 16.1. The van der Waals surface area contributed by atoms with E-state index in [1.807, 2.05) is 37.3 Å². The summed E-state index contributed by atoms with van der Waals surface area (Å²) in [5.74, 6) is -0.293. The van der Waals surface area contributed by atoms with E-state index >= 15 is 0 Å². The SMILES string of the molecule is CC(c1ccc(S(=O)(=O)CCc2ccccc2)cc1)c1sc(=O)[nH]c1O. The predicted molar refractivity (Wildman–Crippen MR) is 103 cm³/mol. The summed E-state index contributed by atoms with van der Waals surface area (Å²) in [5, 5.41) is 9.78. The predicted octanol–water partition coefficient (Wildman–Crippen LogP) is 3.31. The number of aromatic hydroxyl groups is 1. The number of aryl methyl sites for hydroxylation is 1. The van der Waals surface area contributed by atoms with Gasteiger partial charge in [-0.1, -0.05) is 60.7 Å². The lowest BCUT2D eigenvalue weighted by Gasteiger charge is -2.11. The largest absolute Gasteiger partial charge is 0.494 e. The molecule has 0 spiro atoms. The van der Waals surface area contributed by atoms with E-state index in [0.717, 1.165) is 22.5 Å². The number of hydrogen-bond donors (Lipinski definition) is 2. The number of benzene rings is 2. The van der Waals surface area contributed by atoms with Gasteiger partial charge in [-0.15, -0.1) is 0 Å². The smallest absolute Gasteiger partial charge is 0.307 e. The van der Waals surface area contributed by atoms with Gasteiger partial charge in [0, 0.05) is 5.92 Å². The molecule has 1 heterocycles. The minimum absolute atomic E-state index is 0.0477. The Morgan fingerprint density at radius 2 is 1.73 bits per heavy atom. The first-order valence-corrected chi connectivity index (χ1v) is 10.6. The van der Waals surface area contributed by atoms with E-state index in [1.54, 1.807) is 24.3 Å². The molecule has 2 N–H and O–H groups in total. The van der Waals surface area contributed by atoms with Crippen LogP contribution in [-0.4, -0.2) is 24.3 Å². The van der Waals surface area contributed by atoms with Crippen molar-refractivity contribution in [3.63, 3.8) is 0 Å². The zero-order valence-corrected chi connectivity index (χ0v) is 15.8. The van der Waals surface area contributed by atoms with Crippen molar-refractivity contribution in [3.8, 4) is 5.88 Å². The summed E-state index contributed by atoms with van der Waals surface area (Å²) in [4.78, 5) is 14.2. The lowest BCUT2D eigenvalue weighted by molar-refractivity contribution is 0.448. The molecule has 1 aromatic heterocycles. The molecular weight excluding hydrogens is 370 g/mol. The van der Waals surface area contributed by atoms with E-state index in [-0.39, 0.29) is 27.3 Å². The molecule has 0 aliphatic rings. The summed E-state index contributed by atoms with van der Waals surface area (Å²) < 4.78 is 25.1. The average molecular weight is 389 g/mol. The highest BCUT2D eigenvalue weighted by molar-refractivity contribution is 7.91. The van der Waals surface area contributed by atoms with Crippen molar-refractivity contribution in [2.75, 3.05) is 5.75 Å². The van der Waals surface area contributed by atoms with Crippen molar-refractivity contribution < 1.29 is 13.5 Å². The Balaban J connectivity index is 1.76. The number of rotatable bonds is 6. The minimum Gasteiger partial charge on any atom is -0.494 e. The molecule has 0 fully saturated rings. The number of aromatic amines is 1. The maximum absolute atomic E-state index is 12.5. The zero-order chi connectivity index (χ0) is 18.7. The lowest BCUT2D eigenvalue weighted by atomic mass is 10.00. The third-order valence-corrected chi connectivity index (χ3v) is 7.08. The topological polar surface area (TPSA) is 87.2 Å². The fourth-order valence-electron chi connectivity index (χ4n) is 2.76. The maximum Gasteiger partial charge on any atom is 0.307 e. The van der Waals surface area contributed by atoms with Gasteiger partial charge in [0.25, 0.3) is 0 Å². The Morgan fingerprint density at radius 1 is 1.08 bits per heavy atom. The molecule has 3 rings (SSSR count).